The molecule has 0 amide bonds. The minimum Gasteiger partial charge on any atom is -0.352 e. The number of benzene rings is 1. The van der Waals surface area contributed by atoms with Gasteiger partial charge in [-0.2, -0.15) is 5.10 Å². The Labute approximate surface area is 155 Å². The van der Waals surface area contributed by atoms with Crippen molar-refractivity contribution in [1.82, 2.24) is 25.1 Å². The van der Waals surface area contributed by atoms with Gasteiger partial charge in [0, 0.05) is 61.9 Å². The molecule has 1 aliphatic heterocycles. The van der Waals surface area contributed by atoms with Gasteiger partial charge in [0.1, 0.15) is 5.69 Å². The Hall–Kier alpha value is -2.87. The van der Waals surface area contributed by atoms with Crippen LogP contribution in [0.4, 0.5) is 14.6 Å². The Balaban J connectivity index is 1.53. The first-order valence-corrected chi connectivity index (χ1v) is 8.87. The minimum atomic E-state index is -0.886. The molecule has 0 radical (unpaired) electrons. The van der Waals surface area contributed by atoms with Crippen LogP contribution in [0, 0.1) is 11.6 Å². The van der Waals surface area contributed by atoms with Crippen LogP contribution in [0.5, 0.6) is 0 Å². The lowest BCUT2D eigenvalue weighted by Gasteiger charge is -2.38. The van der Waals surface area contributed by atoms with Gasteiger partial charge in [-0.1, -0.05) is 0 Å². The number of aromatic amines is 1. The number of nitrogens with one attached hydrogen (secondary N) is 1. The molecule has 4 rings (SSSR count). The van der Waals surface area contributed by atoms with Crippen LogP contribution in [-0.4, -0.2) is 51.2 Å². The van der Waals surface area contributed by atoms with Gasteiger partial charge in [0.25, 0.3) is 0 Å². The molecular weight excluding hydrogens is 350 g/mol. The quantitative estimate of drug-likeness (QED) is 0.765. The molecule has 0 spiro atoms. The zero-order valence-corrected chi connectivity index (χ0v) is 14.9. The van der Waals surface area contributed by atoms with Crippen LogP contribution in [0.1, 0.15) is 18.5 Å². The highest BCUT2D eigenvalue weighted by molar-refractivity contribution is 5.72. The molecule has 1 aliphatic rings. The maximum absolute atomic E-state index is 13.7. The standard InChI is InChI=1S/C19H20F2N6/c1-13(15-11-24-25-12-15)26-6-8-27(9-7-26)19-18(22-4-5-23-19)14-2-3-16(20)17(21)10-14/h2-5,10-13H,6-9H2,1H3,(H,24,25). The minimum absolute atomic E-state index is 0.276. The van der Waals surface area contributed by atoms with E-state index in [4.69, 9.17) is 0 Å². The highest BCUT2D eigenvalue weighted by Crippen LogP contribution is 2.29. The van der Waals surface area contributed by atoms with E-state index >= 15 is 0 Å². The van der Waals surface area contributed by atoms with E-state index in [-0.39, 0.29) is 6.04 Å². The number of halogens is 2. The first kappa shape index (κ1) is 17.5. The molecule has 1 aromatic carbocycles. The number of hydrogen-bond acceptors (Lipinski definition) is 5. The molecule has 6 nitrogen and oxygen atoms in total. The van der Waals surface area contributed by atoms with E-state index in [1.54, 1.807) is 12.4 Å². The number of rotatable bonds is 4. The largest absolute Gasteiger partial charge is 0.352 e. The first-order chi connectivity index (χ1) is 13.1. The summed E-state index contributed by atoms with van der Waals surface area (Å²) in [7, 11) is 0. The molecule has 1 fully saturated rings. The van der Waals surface area contributed by atoms with Gasteiger partial charge in [-0.25, -0.2) is 13.8 Å². The second-order valence-electron chi connectivity index (χ2n) is 6.59. The highest BCUT2D eigenvalue weighted by atomic mass is 19.2. The number of piperazine rings is 1. The van der Waals surface area contributed by atoms with Gasteiger partial charge >= 0.3 is 0 Å². The molecule has 1 saturated heterocycles. The molecule has 0 saturated carbocycles. The number of nitrogens with zero attached hydrogens (tertiary/aromatic N) is 5. The fraction of sp³-hybridized carbons (Fsp3) is 0.316. The van der Waals surface area contributed by atoms with Crippen LogP contribution in [0.15, 0.2) is 43.0 Å². The lowest BCUT2D eigenvalue weighted by molar-refractivity contribution is 0.198. The van der Waals surface area contributed by atoms with E-state index in [2.05, 4.69) is 36.9 Å². The second kappa shape index (κ2) is 7.40. The van der Waals surface area contributed by atoms with Crippen LogP contribution in [0.2, 0.25) is 0 Å². The normalized spacial score (nSPS) is 16.5. The summed E-state index contributed by atoms with van der Waals surface area (Å²) in [6, 6.07) is 4.09. The molecule has 1 atom stereocenters. The molecule has 140 valence electrons. The van der Waals surface area contributed by atoms with E-state index in [0.717, 1.165) is 37.8 Å². The summed E-state index contributed by atoms with van der Waals surface area (Å²) in [5.41, 5.74) is 2.24. The molecule has 1 N–H and O–H groups in total. The molecule has 8 heteroatoms. The Morgan fingerprint density at radius 3 is 2.52 bits per heavy atom. The van der Waals surface area contributed by atoms with E-state index in [0.29, 0.717) is 17.1 Å². The third-order valence-electron chi connectivity index (χ3n) is 5.04. The second-order valence-corrected chi connectivity index (χ2v) is 6.59. The van der Waals surface area contributed by atoms with Crippen LogP contribution < -0.4 is 4.90 Å². The van der Waals surface area contributed by atoms with Crippen LogP contribution in [0.3, 0.4) is 0 Å². The average Bonchev–Trinajstić information content (AvgIpc) is 3.24. The van der Waals surface area contributed by atoms with E-state index < -0.39 is 11.6 Å². The van der Waals surface area contributed by atoms with Crippen molar-refractivity contribution in [1.29, 1.82) is 0 Å². The lowest BCUT2D eigenvalue weighted by atomic mass is 10.1. The van der Waals surface area contributed by atoms with Crippen LogP contribution in [-0.2, 0) is 0 Å². The van der Waals surface area contributed by atoms with Crippen molar-refractivity contribution < 1.29 is 8.78 Å². The maximum atomic E-state index is 13.7. The van der Waals surface area contributed by atoms with Gasteiger partial charge in [0.05, 0.1) is 6.20 Å². The van der Waals surface area contributed by atoms with Gasteiger partial charge in [0.15, 0.2) is 17.5 Å². The molecule has 3 aromatic rings. The van der Waals surface area contributed by atoms with Gasteiger partial charge < -0.3 is 4.90 Å². The monoisotopic (exact) mass is 370 g/mol. The number of aromatic nitrogens is 4. The zero-order valence-electron chi connectivity index (χ0n) is 14.9. The van der Waals surface area contributed by atoms with Crippen molar-refractivity contribution in [3.63, 3.8) is 0 Å². The lowest BCUT2D eigenvalue weighted by Crippen LogP contribution is -2.47. The summed E-state index contributed by atoms with van der Waals surface area (Å²) in [6.45, 7) is 5.44. The number of anilines is 1. The first-order valence-electron chi connectivity index (χ1n) is 8.87. The predicted molar refractivity (Wildman–Crippen MR) is 98.2 cm³/mol. The van der Waals surface area contributed by atoms with Crippen molar-refractivity contribution in [3.8, 4) is 11.3 Å². The van der Waals surface area contributed by atoms with Crippen molar-refractivity contribution in [2.24, 2.45) is 0 Å². The zero-order chi connectivity index (χ0) is 18.8. The smallest absolute Gasteiger partial charge is 0.159 e. The predicted octanol–water partition coefficient (Wildman–Crippen LogP) is 3.03. The summed E-state index contributed by atoms with van der Waals surface area (Å²) < 4.78 is 26.9. The molecule has 1 unspecified atom stereocenters. The molecule has 2 aromatic heterocycles. The number of hydrogen-bond donors (Lipinski definition) is 1. The highest BCUT2D eigenvalue weighted by Gasteiger charge is 2.25. The average molecular weight is 370 g/mol. The Morgan fingerprint density at radius 1 is 1.04 bits per heavy atom. The summed E-state index contributed by atoms with van der Waals surface area (Å²) in [5.74, 6) is -1.06. The van der Waals surface area contributed by atoms with Gasteiger partial charge in [-0.05, 0) is 25.1 Å². The molecular formula is C19H20F2N6. The Bertz CT molecular complexity index is 906. The van der Waals surface area contributed by atoms with Crippen molar-refractivity contribution >= 4 is 5.82 Å². The third-order valence-corrected chi connectivity index (χ3v) is 5.04. The summed E-state index contributed by atoms with van der Waals surface area (Å²) in [5, 5.41) is 6.88. The Kier molecular flexibility index (Phi) is 4.81. The van der Waals surface area contributed by atoms with Crippen LogP contribution >= 0.6 is 0 Å². The topological polar surface area (TPSA) is 60.9 Å². The molecule has 0 bridgehead atoms. The van der Waals surface area contributed by atoms with Gasteiger partial charge in [0.2, 0.25) is 0 Å². The van der Waals surface area contributed by atoms with Crippen molar-refractivity contribution in [2.75, 3.05) is 31.1 Å². The fourth-order valence-electron chi connectivity index (χ4n) is 3.43. The number of H-pyrrole nitrogens is 1. The fourth-order valence-corrected chi connectivity index (χ4v) is 3.43. The van der Waals surface area contributed by atoms with Crippen molar-refractivity contribution in [2.45, 2.75) is 13.0 Å². The molecule has 27 heavy (non-hydrogen) atoms. The molecule has 3 heterocycles. The van der Waals surface area contributed by atoms with E-state index in [1.807, 2.05) is 12.4 Å². The van der Waals surface area contributed by atoms with Crippen LogP contribution in [0.25, 0.3) is 11.3 Å². The Morgan fingerprint density at radius 2 is 1.81 bits per heavy atom. The van der Waals surface area contributed by atoms with E-state index in [9.17, 15) is 8.78 Å². The summed E-state index contributed by atoms with van der Waals surface area (Å²) >= 11 is 0. The third kappa shape index (κ3) is 3.52. The summed E-state index contributed by atoms with van der Waals surface area (Å²) in [4.78, 5) is 13.4. The van der Waals surface area contributed by atoms with Gasteiger partial charge in [-0.3, -0.25) is 15.0 Å². The SMILES string of the molecule is CC(c1cn[nH]c1)N1CCN(c2nccnc2-c2ccc(F)c(F)c2)CC1. The summed E-state index contributed by atoms with van der Waals surface area (Å²) in [6.07, 6.45) is 6.96. The van der Waals surface area contributed by atoms with E-state index in [1.165, 1.54) is 12.1 Å². The van der Waals surface area contributed by atoms with Gasteiger partial charge in [-0.15, -0.1) is 0 Å². The maximum Gasteiger partial charge on any atom is 0.159 e. The van der Waals surface area contributed by atoms with Crippen molar-refractivity contribution in [3.05, 3.63) is 60.2 Å². The molecule has 0 aliphatic carbocycles.